The lowest BCUT2D eigenvalue weighted by molar-refractivity contribution is -0.386. The van der Waals surface area contributed by atoms with E-state index >= 15 is 0 Å². The lowest BCUT2D eigenvalue weighted by atomic mass is 9.76. The van der Waals surface area contributed by atoms with Crippen molar-refractivity contribution >= 4 is 68.6 Å². The molecule has 0 fully saturated rings. The standard InChI is InChI=1S/C47H42N6O17S/c1-5-17-48-42(55)27-9-15-37(52(60)61)29(20-27)24-67-45(58)50(3)31-11-13-34-39(22-31)69-40-23-32(12-14-35(40)47(34)36-8-6-7-33(26(2)54)41(36)44(57)70-47)51(4)46(59)68-25-30-21-28(10-16-38(30)53(62)63)43(56)49-18-19-71(64,65)66/h6-16,20-23H,5,17-19,24-25H2,1-4H3,(H,48,55)(H,49,56)(H,64,65,66). The van der Waals surface area contributed by atoms with E-state index in [0.29, 0.717) is 13.0 Å². The molecule has 71 heavy (non-hydrogen) atoms. The van der Waals surface area contributed by atoms with Crippen molar-refractivity contribution in [3.05, 3.63) is 161 Å². The number of benzene rings is 5. The van der Waals surface area contributed by atoms with Gasteiger partial charge in [-0.2, -0.15) is 8.42 Å². The van der Waals surface area contributed by atoms with Gasteiger partial charge in [0, 0.05) is 84.8 Å². The smallest absolute Gasteiger partial charge is 0.414 e. The number of hydrogen-bond donors (Lipinski definition) is 3. The fourth-order valence-electron chi connectivity index (χ4n) is 7.92. The van der Waals surface area contributed by atoms with E-state index in [2.05, 4.69) is 10.6 Å². The molecule has 1 atom stereocenters. The van der Waals surface area contributed by atoms with Crippen molar-refractivity contribution in [1.29, 1.82) is 0 Å². The van der Waals surface area contributed by atoms with Gasteiger partial charge in [-0.25, -0.2) is 14.4 Å². The van der Waals surface area contributed by atoms with Crippen LogP contribution >= 0.6 is 0 Å². The zero-order valence-electron chi connectivity index (χ0n) is 38.1. The predicted molar refractivity (Wildman–Crippen MR) is 249 cm³/mol. The molecule has 2 aliphatic rings. The Morgan fingerprint density at radius 1 is 0.718 bits per heavy atom. The number of nitrogens with zero attached hydrogens (tertiary/aromatic N) is 4. The summed E-state index contributed by atoms with van der Waals surface area (Å²) >= 11 is 0. The van der Waals surface area contributed by atoms with Gasteiger partial charge < -0.3 is 29.6 Å². The molecule has 24 heteroatoms. The number of nitro benzene ring substituents is 2. The first-order valence-corrected chi connectivity index (χ1v) is 23.0. The largest absolute Gasteiger partial charge is 0.456 e. The summed E-state index contributed by atoms with van der Waals surface area (Å²) < 4.78 is 54.7. The molecule has 2 heterocycles. The van der Waals surface area contributed by atoms with Crippen LogP contribution in [-0.2, 0) is 43.1 Å². The molecule has 0 saturated carbocycles. The molecule has 1 unspecified atom stereocenters. The number of amides is 4. The van der Waals surface area contributed by atoms with Crippen LogP contribution in [0.1, 0.15) is 89.5 Å². The van der Waals surface area contributed by atoms with Gasteiger partial charge in [0.25, 0.3) is 33.3 Å². The molecule has 7 rings (SSSR count). The van der Waals surface area contributed by atoms with E-state index in [-0.39, 0.29) is 78.6 Å². The number of esters is 1. The van der Waals surface area contributed by atoms with Crippen LogP contribution in [0.3, 0.4) is 0 Å². The highest BCUT2D eigenvalue weighted by Gasteiger charge is 2.54. The number of anilines is 2. The fourth-order valence-corrected chi connectivity index (χ4v) is 8.28. The Bertz CT molecular complexity index is 3200. The molecule has 3 N–H and O–H groups in total. The topological polar surface area (TPSA) is 311 Å². The minimum absolute atomic E-state index is 0.00287. The van der Waals surface area contributed by atoms with Gasteiger partial charge >= 0.3 is 18.2 Å². The highest BCUT2D eigenvalue weighted by molar-refractivity contribution is 7.85. The van der Waals surface area contributed by atoms with Crippen LogP contribution in [0.2, 0.25) is 0 Å². The Morgan fingerprint density at radius 3 is 1.66 bits per heavy atom. The van der Waals surface area contributed by atoms with E-state index in [1.165, 1.54) is 75.6 Å². The molecule has 0 bridgehead atoms. The molecule has 1 spiro atoms. The van der Waals surface area contributed by atoms with Crippen LogP contribution in [0.15, 0.2) is 91.0 Å². The number of hydrogen-bond acceptors (Lipinski definition) is 16. The third-order valence-corrected chi connectivity index (χ3v) is 12.2. The number of ketones is 1. The third kappa shape index (κ3) is 10.2. The minimum Gasteiger partial charge on any atom is -0.456 e. The van der Waals surface area contributed by atoms with E-state index < -0.39 is 92.5 Å². The lowest BCUT2D eigenvalue weighted by Crippen LogP contribution is -2.34. The first kappa shape index (κ1) is 50.1. The second-order valence-corrected chi connectivity index (χ2v) is 17.6. The Balaban J connectivity index is 1.18. The van der Waals surface area contributed by atoms with Crippen molar-refractivity contribution in [1.82, 2.24) is 10.6 Å². The van der Waals surface area contributed by atoms with Crippen LogP contribution in [0.5, 0.6) is 11.5 Å². The molecular formula is C47H42N6O17S. The summed E-state index contributed by atoms with van der Waals surface area (Å²) in [5.41, 5.74) is -1.67. The molecule has 2 aliphatic heterocycles. The average molecular weight is 995 g/mol. The quantitative estimate of drug-likeness (QED) is 0.0235. The molecule has 23 nitrogen and oxygen atoms in total. The number of nitro groups is 2. The van der Waals surface area contributed by atoms with Gasteiger partial charge in [0.15, 0.2) is 11.4 Å². The summed E-state index contributed by atoms with van der Waals surface area (Å²) in [5, 5.41) is 28.7. The van der Waals surface area contributed by atoms with E-state index in [1.54, 1.807) is 12.1 Å². The zero-order valence-corrected chi connectivity index (χ0v) is 38.9. The summed E-state index contributed by atoms with van der Waals surface area (Å²) in [6.07, 6.45) is -1.34. The fraction of sp³-hybridized carbons (Fsp3) is 0.234. The highest BCUT2D eigenvalue weighted by atomic mass is 32.2. The molecule has 0 aromatic heterocycles. The van der Waals surface area contributed by atoms with Gasteiger partial charge in [0.2, 0.25) is 0 Å². The van der Waals surface area contributed by atoms with Crippen LogP contribution in [-0.4, -0.2) is 91.5 Å². The maximum absolute atomic E-state index is 13.9. The van der Waals surface area contributed by atoms with Crippen molar-refractivity contribution in [2.45, 2.75) is 39.1 Å². The lowest BCUT2D eigenvalue weighted by Gasteiger charge is -2.37. The van der Waals surface area contributed by atoms with Gasteiger partial charge in [0.1, 0.15) is 24.7 Å². The maximum Gasteiger partial charge on any atom is 0.414 e. The average Bonchev–Trinajstić information content (AvgIpc) is 3.64. The van der Waals surface area contributed by atoms with E-state index in [4.69, 9.17) is 23.5 Å². The molecule has 0 radical (unpaired) electrons. The van der Waals surface area contributed by atoms with Crippen molar-refractivity contribution in [3.63, 3.8) is 0 Å². The van der Waals surface area contributed by atoms with Crippen molar-refractivity contribution in [2.75, 3.05) is 42.7 Å². The Hall–Kier alpha value is -8.77. The van der Waals surface area contributed by atoms with Crippen LogP contribution in [0.4, 0.5) is 32.3 Å². The number of rotatable bonds is 16. The SMILES string of the molecule is CCCNC(=O)c1ccc([N+](=O)[O-])c(COC(=O)N(C)c2ccc3c(c2)Oc2cc(N(C)C(=O)OCc4cc(C(=O)NCCS(=O)(=O)O)ccc4[N+](=O)[O-])ccc2C32OC(=O)c3c(C(C)=O)cccc32)c1. The van der Waals surface area contributed by atoms with Gasteiger partial charge in [-0.05, 0) is 61.9 Å². The molecule has 0 aliphatic carbocycles. The zero-order chi connectivity index (χ0) is 51.5. The molecule has 368 valence electrons. The van der Waals surface area contributed by atoms with E-state index in [1.807, 2.05) is 6.92 Å². The molecule has 5 aromatic carbocycles. The molecule has 4 amide bonds. The number of ether oxygens (including phenoxy) is 4. The van der Waals surface area contributed by atoms with Crippen molar-refractivity contribution in [2.24, 2.45) is 0 Å². The Morgan fingerprint density at radius 2 is 1.21 bits per heavy atom. The van der Waals surface area contributed by atoms with Gasteiger partial charge in [-0.1, -0.05) is 25.1 Å². The highest BCUT2D eigenvalue weighted by Crippen LogP contribution is 2.57. The van der Waals surface area contributed by atoms with Crippen molar-refractivity contribution < 1.29 is 70.5 Å². The van der Waals surface area contributed by atoms with Crippen molar-refractivity contribution in [3.8, 4) is 11.5 Å². The van der Waals surface area contributed by atoms with Gasteiger partial charge in [-0.3, -0.25) is 49.0 Å². The summed E-state index contributed by atoms with van der Waals surface area (Å²) in [6.45, 7) is 1.78. The number of carbonyl (C=O) groups excluding carboxylic acids is 6. The van der Waals surface area contributed by atoms with E-state index in [0.717, 1.165) is 34.1 Å². The third-order valence-electron chi connectivity index (χ3n) is 11.5. The molecule has 0 saturated heterocycles. The van der Waals surface area contributed by atoms with Crippen LogP contribution in [0, 0.1) is 20.2 Å². The predicted octanol–water partition coefficient (Wildman–Crippen LogP) is 6.58. The van der Waals surface area contributed by atoms with Crippen LogP contribution in [0.25, 0.3) is 0 Å². The number of fused-ring (bicyclic) bond motifs is 6. The molecule has 5 aromatic rings. The molecular weight excluding hydrogens is 953 g/mol. The maximum atomic E-state index is 13.9. The second kappa shape index (κ2) is 20.1. The number of carbonyl (C=O) groups is 6. The Labute approximate surface area is 403 Å². The Kier molecular flexibility index (Phi) is 14.2. The number of Topliss-reactive ketones (excluding diaryl/α,β-unsaturated/α-hetero) is 1. The first-order valence-electron chi connectivity index (χ1n) is 21.4. The normalized spacial score (nSPS) is 14.1. The first-order chi connectivity index (χ1) is 33.6. The minimum atomic E-state index is -4.39. The second-order valence-electron chi connectivity index (χ2n) is 16.0. The summed E-state index contributed by atoms with van der Waals surface area (Å²) in [4.78, 5) is 103. The number of nitrogens with one attached hydrogen (secondary N) is 2. The monoisotopic (exact) mass is 994 g/mol. The summed E-state index contributed by atoms with van der Waals surface area (Å²) in [6, 6.07) is 20.5. The van der Waals surface area contributed by atoms with Gasteiger partial charge in [-0.15, -0.1) is 0 Å². The van der Waals surface area contributed by atoms with Crippen LogP contribution < -0.4 is 25.2 Å². The summed E-state index contributed by atoms with van der Waals surface area (Å²) in [7, 11) is -1.71. The van der Waals surface area contributed by atoms with Gasteiger partial charge in [0.05, 0.1) is 43.7 Å². The van der Waals surface area contributed by atoms with E-state index in [9.17, 15) is 57.4 Å². The summed E-state index contributed by atoms with van der Waals surface area (Å²) in [5.74, 6) is -3.24.